The summed E-state index contributed by atoms with van der Waals surface area (Å²) in [5.74, 6) is 0.367. The maximum Gasteiger partial charge on any atom is 0.224 e. The highest BCUT2D eigenvalue weighted by molar-refractivity contribution is 5.80. The Balaban J connectivity index is 1.90. The van der Waals surface area contributed by atoms with Crippen LogP contribution in [0.3, 0.4) is 0 Å². The van der Waals surface area contributed by atoms with Crippen LogP contribution in [-0.2, 0) is 9.53 Å². The molecule has 2 saturated heterocycles. The van der Waals surface area contributed by atoms with Crippen LogP contribution in [-0.4, -0.2) is 36.7 Å². The number of ether oxygens (including phenoxy) is 1. The van der Waals surface area contributed by atoms with Gasteiger partial charge in [-0.25, -0.2) is 0 Å². The first-order chi connectivity index (χ1) is 9.10. The van der Waals surface area contributed by atoms with Gasteiger partial charge in [-0.3, -0.25) is 4.79 Å². The maximum atomic E-state index is 12.3. The van der Waals surface area contributed by atoms with Crippen LogP contribution in [0.25, 0.3) is 0 Å². The molecule has 3 atom stereocenters. The van der Waals surface area contributed by atoms with Gasteiger partial charge in [0.2, 0.25) is 5.91 Å². The third-order valence-electron chi connectivity index (χ3n) is 4.99. The number of rotatable bonds is 4. The molecule has 1 amide bonds. The summed E-state index contributed by atoms with van der Waals surface area (Å²) in [7, 11) is 0. The third-order valence-corrected chi connectivity index (χ3v) is 4.99. The van der Waals surface area contributed by atoms with Gasteiger partial charge in [-0.05, 0) is 45.6 Å². The number of carbonyl (C=O) groups is 1. The molecule has 2 rings (SSSR count). The molecular weight excluding hydrogens is 240 g/mol. The molecular formula is C15H28N2O2. The summed E-state index contributed by atoms with van der Waals surface area (Å²) in [6.45, 7) is 8.18. The standard InChI is InChI=1S/C15H28N2O2/c1-4-15(5-2)10-12(7-9-19-15)17-14(18)13-6-8-16-11(13)3/h11-13,16H,4-10H2,1-3H3,(H,17,18). The van der Waals surface area contributed by atoms with Crippen LogP contribution in [0.5, 0.6) is 0 Å². The van der Waals surface area contributed by atoms with Crippen molar-refractivity contribution in [2.45, 2.75) is 70.6 Å². The average Bonchev–Trinajstić information content (AvgIpc) is 2.85. The van der Waals surface area contributed by atoms with Gasteiger partial charge in [0.25, 0.3) is 0 Å². The van der Waals surface area contributed by atoms with E-state index in [1.165, 1.54) is 0 Å². The van der Waals surface area contributed by atoms with E-state index in [0.29, 0.717) is 6.04 Å². The zero-order valence-corrected chi connectivity index (χ0v) is 12.5. The molecule has 0 saturated carbocycles. The van der Waals surface area contributed by atoms with Crippen molar-refractivity contribution in [2.75, 3.05) is 13.2 Å². The van der Waals surface area contributed by atoms with E-state index < -0.39 is 0 Å². The number of carbonyl (C=O) groups excluding carboxylic acids is 1. The molecule has 0 radical (unpaired) electrons. The van der Waals surface area contributed by atoms with E-state index in [-0.39, 0.29) is 23.5 Å². The van der Waals surface area contributed by atoms with Crippen molar-refractivity contribution in [2.24, 2.45) is 5.92 Å². The van der Waals surface area contributed by atoms with Gasteiger partial charge in [-0.1, -0.05) is 13.8 Å². The molecule has 0 aromatic carbocycles. The Bertz CT molecular complexity index is 315. The van der Waals surface area contributed by atoms with Gasteiger partial charge >= 0.3 is 0 Å². The maximum absolute atomic E-state index is 12.3. The van der Waals surface area contributed by atoms with Gasteiger partial charge in [-0.2, -0.15) is 0 Å². The minimum atomic E-state index is -0.0181. The summed E-state index contributed by atoms with van der Waals surface area (Å²) < 4.78 is 5.96. The summed E-state index contributed by atoms with van der Waals surface area (Å²) in [5.41, 5.74) is -0.0181. The van der Waals surface area contributed by atoms with Crippen LogP contribution in [0.4, 0.5) is 0 Å². The normalized spacial score (nSPS) is 34.2. The number of hydrogen-bond acceptors (Lipinski definition) is 3. The van der Waals surface area contributed by atoms with Crippen molar-refractivity contribution in [3.63, 3.8) is 0 Å². The highest BCUT2D eigenvalue weighted by Crippen LogP contribution is 2.31. The fraction of sp³-hybridized carbons (Fsp3) is 0.933. The van der Waals surface area contributed by atoms with Gasteiger partial charge in [0, 0.05) is 18.7 Å². The lowest BCUT2D eigenvalue weighted by Crippen LogP contribution is -2.50. The SMILES string of the molecule is CCC1(CC)CC(NC(=O)C2CCNC2C)CCO1. The van der Waals surface area contributed by atoms with Crippen molar-refractivity contribution in [3.05, 3.63) is 0 Å². The minimum Gasteiger partial charge on any atom is -0.375 e. The van der Waals surface area contributed by atoms with E-state index in [0.717, 1.165) is 45.3 Å². The number of amides is 1. The summed E-state index contributed by atoms with van der Waals surface area (Å²) >= 11 is 0. The predicted octanol–water partition coefficient (Wildman–Crippen LogP) is 1.84. The largest absolute Gasteiger partial charge is 0.375 e. The molecule has 2 aliphatic heterocycles. The molecule has 110 valence electrons. The molecule has 4 heteroatoms. The zero-order valence-electron chi connectivity index (χ0n) is 12.5. The van der Waals surface area contributed by atoms with Gasteiger partial charge in [0.15, 0.2) is 0 Å². The average molecular weight is 268 g/mol. The first-order valence-electron chi connectivity index (χ1n) is 7.78. The molecule has 0 aromatic rings. The van der Waals surface area contributed by atoms with E-state index in [1.807, 2.05) is 0 Å². The monoisotopic (exact) mass is 268 g/mol. The molecule has 0 spiro atoms. The summed E-state index contributed by atoms with van der Waals surface area (Å²) in [6, 6.07) is 0.593. The van der Waals surface area contributed by atoms with Crippen LogP contribution in [0, 0.1) is 5.92 Å². The van der Waals surface area contributed by atoms with Crippen molar-refractivity contribution in [3.8, 4) is 0 Å². The second kappa shape index (κ2) is 6.23. The van der Waals surface area contributed by atoms with Gasteiger partial charge in [0.05, 0.1) is 11.5 Å². The molecule has 2 fully saturated rings. The highest BCUT2D eigenvalue weighted by atomic mass is 16.5. The van der Waals surface area contributed by atoms with E-state index in [9.17, 15) is 4.79 Å². The van der Waals surface area contributed by atoms with Crippen molar-refractivity contribution < 1.29 is 9.53 Å². The second-order valence-corrected chi connectivity index (χ2v) is 6.07. The van der Waals surface area contributed by atoms with Crippen LogP contribution < -0.4 is 10.6 Å². The van der Waals surface area contributed by atoms with Crippen LogP contribution in [0.1, 0.15) is 52.9 Å². The molecule has 2 heterocycles. The Morgan fingerprint density at radius 3 is 2.68 bits per heavy atom. The summed E-state index contributed by atoms with van der Waals surface area (Å²) in [6.07, 6.45) is 4.92. The minimum absolute atomic E-state index is 0.0181. The van der Waals surface area contributed by atoms with Crippen LogP contribution >= 0.6 is 0 Å². The lowest BCUT2D eigenvalue weighted by Gasteiger charge is -2.40. The highest BCUT2D eigenvalue weighted by Gasteiger charge is 2.37. The number of hydrogen-bond donors (Lipinski definition) is 2. The van der Waals surface area contributed by atoms with Gasteiger partial charge in [0.1, 0.15) is 0 Å². The molecule has 0 bridgehead atoms. The van der Waals surface area contributed by atoms with Crippen molar-refractivity contribution >= 4 is 5.91 Å². The molecule has 0 aliphatic carbocycles. The molecule has 3 unspecified atom stereocenters. The third kappa shape index (κ3) is 3.29. The smallest absolute Gasteiger partial charge is 0.224 e. The molecule has 19 heavy (non-hydrogen) atoms. The zero-order chi connectivity index (χ0) is 13.9. The molecule has 0 aromatic heterocycles. The quantitative estimate of drug-likeness (QED) is 0.818. The Morgan fingerprint density at radius 1 is 1.37 bits per heavy atom. The van der Waals surface area contributed by atoms with E-state index >= 15 is 0 Å². The second-order valence-electron chi connectivity index (χ2n) is 6.07. The Labute approximate surface area is 116 Å². The van der Waals surface area contributed by atoms with Crippen LogP contribution in [0.15, 0.2) is 0 Å². The lowest BCUT2D eigenvalue weighted by molar-refractivity contribution is -0.129. The van der Waals surface area contributed by atoms with E-state index in [2.05, 4.69) is 31.4 Å². The van der Waals surface area contributed by atoms with E-state index in [1.54, 1.807) is 0 Å². The van der Waals surface area contributed by atoms with E-state index in [4.69, 9.17) is 4.74 Å². The molecule has 2 aliphatic rings. The summed E-state index contributed by atoms with van der Waals surface area (Å²) in [5, 5.41) is 6.60. The molecule has 4 nitrogen and oxygen atoms in total. The summed E-state index contributed by atoms with van der Waals surface area (Å²) in [4.78, 5) is 12.3. The van der Waals surface area contributed by atoms with Gasteiger partial charge in [-0.15, -0.1) is 0 Å². The van der Waals surface area contributed by atoms with Crippen molar-refractivity contribution in [1.82, 2.24) is 10.6 Å². The number of nitrogens with one attached hydrogen (secondary N) is 2. The fourth-order valence-electron chi connectivity index (χ4n) is 3.42. The lowest BCUT2D eigenvalue weighted by atomic mass is 9.85. The van der Waals surface area contributed by atoms with Gasteiger partial charge < -0.3 is 15.4 Å². The Morgan fingerprint density at radius 2 is 2.11 bits per heavy atom. The fourth-order valence-corrected chi connectivity index (χ4v) is 3.42. The molecule has 2 N–H and O–H groups in total. The predicted molar refractivity (Wildman–Crippen MR) is 76.0 cm³/mol. The Hall–Kier alpha value is -0.610. The van der Waals surface area contributed by atoms with Crippen LogP contribution in [0.2, 0.25) is 0 Å². The first kappa shape index (κ1) is 14.8. The van der Waals surface area contributed by atoms with Crippen molar-refractivity contribution in [1.29, 1.82) is 0 Å². The topological polar surface area (TPSA) is 50.4 Å². The first-order valence-corrected chi connectivity index (χ1v) is 7.78. The Kier molecular flexibility index (Phi) is 4.85.